The summed E-state index contributed by atoms with van der Waals surface area (Å²) in [4.78, 5) is 15.3. The quantitative estimate of drug-likeness (QED) is 0.413. The Morgan fingerprint density at radius 1 is 0.778 bits per heavy atom. The van der Waals surface area contributed by atoms with E-state index in [0.29, 0.717) is 0 Å². The molecule has 0 aliphatic heterocycles. The molecule has 0 spiro atoms. The van der Waals surface area contributed by atoms with Gasteiger partial charge in [-0.05, 0) is 39.8 Å². The van der Waals surface area contributed by atoms with Crippen molar-refractivity contribution < 1.29 is 4.79 Å². The van der Waals surface area contributed by atoms with Gasteiger partial charge in [-0.15, -0.1) is 0 Å². The lowest BCUT2D eigenvalue weighted by atomic mass is 9.86. The molecule has 1 aromatic heterocycles. The number of hydrogen-bond donors (Lipinski definition) is 1. The molecule has 0 saturated carbocycles. The first-order valence-electron chi connectivity index (χ1n) is 9.24. The third kappa shape index (κ3) is 3.19. The predicted octanol–water partition coefficient (Wildman–Crippen LogP) is 6.61. The minimum absolute atomic E-state index is 0.0448. The van der Waals surface area contributed by atoms with E-state index in [2.05, 4.69) is 80.4 Å². The third-order valence-corrected chi connectivity index (χ3v) is 5.10. The van der Waals surface area contributed by atoms with Gasteiger partial charge in [0.1, 0.15) is 0 Å². The van der Waals surface area contributed by atoms with Gasteiger partial charge < -0.3 is 4.98 Å². The first kappa shape index (κ1) is 17.3. The maximum atomic E-state index is 11.9. The summed E-state index contributed by atoms with van der Waals surface area (Å²) in [6.07, 6.45) is 0.964. The Morgan fingerprint density at radius 2 is 1.41 bits per heavy atom. The molecule has 0 radical (unpaired) electrons. The number of benzene rings is 3. The van der Waals surface area contributed by atoms with Crippen LogP contribution in [0.2, 0.25) is 0 Å². The molecule has 0 aliphatic rings. The lowest BCUT2D eigenvalue weighted by Gasteiger charge is -2.18. The van der Waals surface area contributed by atoms with E-state index in [1.54, 1.807) is 0 Å². The van der Waals surface area contributed by atoms with E-state index in [-0.39, 0.29) is 5.41 Å². The number of carbonyl (C=O) groups excluding carboxylic acids is 1. The lowest BCUT2D eigenvalue weighted by Crippen LogP contribution is -2.10. The zero-order valence-electron chi connectivity index (χ0n) is 15.9. The zero-order valence-corrected chi connectivity index (χ0v) is 15.9. The molecule has 4 rings (SSSR count). The number of fused-ring (bicyclic) bond motifs is 1. The Balaban J connectivity index is 1.80. The van der Waals surface area contributed by atoms with Crippen LogP contribution in [0.15, 0.2) is 72.8 Å². The molecule has 0 saturated heterocycles. The Labute approximate surface area is 159 Å². The molecule has 0 unspecified atom stereocenters. The zero-order chi connectivity index (χ0) is 19.0. The summed E-state index contributed by atoms with van der Waals surface area (Å²) in [5.41, 5.74) is 7.24. The van der Waals surface area contributed by atoms with Crippen molar-refractivity contribution in [1.29, 1.82) is 0 Å². The van der Waals surface area contributed by atoms with Gasteiger partial charge in [0.25, 0.3) is 0 Å². The van der Waals surface area contributed by atoms with Crippen molar-refractivity contribution in [2.75, 3.05) is 0 Å². The highest BCUT2D eigenvalue weighted by atomic mass is 16.1. The van der Waals surface area contributed by atoms with E-state index in [1.807, 2.05) is 18.2 Å². The van der Waals surface area contributed by atoms with Gasteiger partial charge in [0.05, 0.1) is 5.69 Å². The van der Waals surface area contributed by atoms with E-state index >= 15 is 0 Å². The monoisotopic (exact) mass is 353 g/mol. The van der Waals surface area contributed by atoms with Crippen LogP contribution in [0.1, 0.15) is 36.7 Å². The van der Waals surface area contributed by atoms with Gasteiger partial charge in [0, 0.05) is 16.5 Å². The largest absolute Gasteiger partial charge is 0.354 e. The average molecular weight is 353 g/mol. The van der Waals surface area contributed by atoms with Gasteiger partial charge in [-0.1, -0.05) is 81.4 Å². The van der Waals surface area contributed by atoms with Gasteiger partial charge in [-0.25, -0.2) is 0 Å². The van der Waals surface area contributed by atoms with Gasteiger partial charge in [0.2, 0.25) is 0 Å². The molecule has 0 fully saturated rings. The van der Waals surface area contributed by atoms with Gasteiger partial charge >= 0.3 is 0 Å². The van der Waals surface area contributed by atoms with Crippen molar-refractivity contribution >= 4 is 17.2 Å². The fourth-order valence-electron chi connectivity index (χ4n) is 3.49. The van der Waals surface area contributed by atoms with E-state index in [4.69, 9.17) is 0 Å². The van der Waals surface area contributed by atoms with Crippen LogP contribution in [0.5, 0.6) is 0 Å². The molecule has 1 heterocycles. The molecule has 2 nitrogen and oxygen atoms in total. The van der Waals surface area contributed by atoms with Crippen molar-refractivity contribution in [2.45, 2.75) is 26.2 Å². The number of aldehydes is 1. The SMILES string of the molecule is CC(C)(C)c1ccc2[nH]c(-c3ccc(-c4ccccc4)cc3)c(C=O)c2c1. The van der Waals surface area contributed by atoms with Crippen molar-refractivity contribution in [2.24, 2.45) is 0 Å². The smallest absolute Gasteiger partial charge is 0.152 e. The highest BCUT2D eigenvalue weighted by Crippen LogP contribution is 2.33. The van der Waals surface area contributed by atoms with Crippen molar-refractivity contribution in [1.82, 2.24) is 4.98 Å². The number of hydrogen-bond acceptors (Lipinski definition) is 1. The Hall–Kier alpha value is -3.13. The lowest BCUT2D eigenvalue weighted by molar-refractivity contribution is 0.112. The molecule has 3 aromatic carbocycles. The Kier molecular flexibility index (Phi) is 4.19. The van der Waals surface area contributed by atoms with E-state index in [1.165, 1.54) is 11.1 Å². The van der Waals surface area contributed by atoms with Gasteiger partial charge in [-0.2, -0.15) is 0 Å². The maximum absolute atomic E-state index is 11.9. The predicted molar refractivity (Wildman–Crippen MR) is 113 cm³/mol. The van der Waals surface area contributed by atoms with Crippen LogP contribution in [0, 0.1) is 0 Å². The number of H-pyrrole nitrogens is 1. The second-order valence-electron chi connectivity index (χ2n) is 7.99. The Morgan fingerprint density at radius 3 is 2.04 bits per heavy atom. The number of carbonyl (C=O) groups is 1. The second-order valence-corrected chi connectivity index (χ2v) is 7.99. The first-order chi connectivity index (χ1) is 13.0. The normalized spacial score (nSPS) is 11.7. The summed E-state index contributed by atoms with van der Waals surface area (Å²) in [5.74, 6) is 0. The third-order valence-electron chi connectivity index (χ3n) is 5.10. The van der Waals surface area contributed by atoms with E-state index in [9.17, 15) is 4.79 Å². The van der Waals surface area contributed by atoms with Crippen molar-refractivity contribution in [3.05, 3.63) is 83.9 Å². The minimum Gasteiger partial charge on any atom is -0.354 e. The first-order valence-corrected chi connectivity index (χ1v) is 9.24. The fraction of sp³-hybridized carbons (Fsp3) is 0.160. The van der Waals surface area contributed by atoms with Crippen LogP contribution >= 0.6 is 0 Å². The Bertz CT molecular complexity index is 1100. The number of nitrogens with one attached hydrogen (secondary N) is 1. The summed E-state index contributed by atoms with van der Waals surface area (Å²) in [6.45, 7) is 6.56. The number of rotatable bonds is 3. The van der Waals surface area contributed by atoms with E-state index in [0.717, 1.165) is 39.6 Å². The molecule has 0 amide bonds. The second kappa shape index (κ2) is 6.55. The minimum atomic E-state index is 0.0448. The van der Waals surface area contributed by atoms with Crippen LogP contribution in [-0.4, -0.2) is 11.3 Å². The molecule has 27 heavy (non-hydrogen) atoms. The molecular formula is C25H23NO. The molecule has 0 aliphatic carbocycles. The number of aromatic nitrogens is 1. The molecule has 1 N–H and O–H groups in total. The topological polar surface area (TPSA) is 32.9 Å². The molecule has 0 bridgehead atoms. The summed E-state index contributed by atoms with van der Waals surface area (Å²) >= 11 is 0. The maximum Gasteiger partial charge on any atom is 0.152 e. The van der Waals surface area contributed by atoms with Crippen LogP contribution in [0.4, 0.5) is 0 Å². The van der Waals surface area contributed by atoms with Gasteiger partial charge in [-0.3, -0.25) is 4.79 Å². The van der Waals surface area contributed by atoms with Crippen molar-refractivity contribution in [3.63, 3.8) is 0 Å². The molecule has 134 valence electrons. The summed E-state index contributed by atoms with van der Waals surface area (Å²) < 4.78 is 0. The van der Waals surface area contributed by atoms with Crippen LogP contribution in [-0.2, 0) is 5.41 Å². The van der Waals surface area contributed by atoms with Crippen molar-refractivity contribution in [3.8, 4) is 22.4 Å². The fourth-order valence-corrected chi connectivity index (χ4v) is 3.49. The molecule has 4 aromatic rings. The summed E-state index contributed by atoms with van der Waals surface area (Å²) in [7, 11) is 0. The molecular weight excluding hydrogens is 330 g/mol. The molecule has 0 atom stereocenters. The average Bonchev–Trinajstić information content (AvgIpc) is 3.06. The van der Waals surface area contributed by atoms with E-state index < -0.39 is 0 Å². The summed E-state index contributed by atoms with van der Waals surface area (Å²) in [6, 6.07) is 25.0. The molecule has 2 heteroatoms. The van der Waals surface area contributed by atoms with Crippen LogP contribution in [0.3, 0.4) is 0 Å². The standard InChI is InChI=1S/C25H23NO/c1-25(2,3)20-13-14-23-21(15-20)22(16-27)24(26-23)19-11-9-18(10-12-19)17-7-5-4-6-8-17/h4-16,26H,1-3H3. The highest BCUT2D eigenvalue weighted by molar-refractivity contribution is 6.04. The number of aromatic amines is 1. The summed E-state index contributed by atoms with van der Waals surface area (Å²) in [5, 5.41) is 0.986. The van der Waals surface area contributed by atoms with Gasteiger partial charge in [0.15, 0.2) is 6.29 Å². The van der Waals surface area contributed by atoms with Crippen LogP contribution in [0.25, 0.3) is 33.3 Å². The highest BCUT2D eigenvalue weighted by Gasteiger charge is 2.18. The van der Waals surface area contributed by atoms with Crippen LogP contribution < -0.4 is 0 Å².